The number of ether oxygens (including phenoxy) is 1. The second-order valence-corrected chi connectivity index (χ2v) is 4.94. The third kappa shape index (κ3) is 3.98. The van der Waals surface area contributed by atoms with Crippen LogP contribution in [0.2, 0.25) is 0 Å². The van der Waals surface area contributed by atoms with Gasteiger partial charge >= 0.3 is 0 Å². The van der Waals surface area contributed by atoms with E-state index >= 15 is 0 Å². The van der Waals surface area contributed by atoms with E-state index in [2.05, 4.69) is 5.32 Å². The zero-order valence-corrected chi connectivity index (χ0v) is 11.8. The standard InChI is InChI=1S/C16H16F3NO/c1-10(2)20-9-11-4-3-5-14(19)16(11)21-15-8-12(17)6-7-13(15)18/h3-8,10,20H,9H2,1-2H3. The third-order valence-corrected chi connectivity index (χ3v) is 2.85. The highest BCUT2D eigenvalue weighted by atomic mass is 19.1. The Labute approximate surface area is 121 Å². The quantitative estimate of drug-likeness (QED) is 0.883. The summed E-state index contributed by atoms with van der Waals surface area (Å²) in [5.74, 6) is -2.46. The summed E-state index contributed by atoms with van der Waals surface area (Å²) < 4.78 is 45.9. The van der Waals surface area contributed by atoms with Gasteiger partial charge in [0.1, 0.15) is 5.82 Å². The van der Waals surface area contributed by atoms with Gasteiger partial charge in [-0.05, 0) is 18.2 Å². The number of nitrogens with one attached hydrogen (secondary N) is 1. The van der Waals surface area contributed by atoms with Gasteiger partial charge in [0.25, 0.3) is 0 Å². The summed E-state index contributed by atoms with van der Waals surface area (Å²) in [4.78, 5) is 0. The van der Waals surface area contributed by atoms with Crippen molar-refractivity contribution in [3.05, 3.63) is 59.4 Å². The van der Waals surface area contributed by atoms with E-state index in [0.717, 1.165) is 18.2 Å². The SMILES string of the molecule is CC(C)NCc1cccc(F)c1Oc1cc(F)ccc1F. The summed E-state index contributed by atoms with van der Waals surface area (Å²) in [6, 6.07) is 7.44. The second kappa shape index (κ2) is 6.63. The van der Waals surface area contributed by atoms with Crippen LogP contribution in [0.1, 0.15) is 19.4 Å². The maximum atomic E-state index is 13.9. The van der Waals surface area contributed by atoms with E-state index in [1.165, 1.54) is 6.07 Å². The maximum absolute atomic E-state index is 13.9. The van der Waals surface area contributed by atoms with Gasteiger partial charge in [-0.2, -0.15) is 0 Å². The molecule has 0 heterocycles. The van der Waals surface area contributed by atoms with Gasteiger partial charge in [0.15, 0.2) is 23.1 Å². The first-order valence-electron chi connectivity index (χ1n) is 6.61. The first-order valence-corrected chi connectivity index (χ1v) is 6.61. The molecule has 21 heavy (non-hydrogen) atoms. The van der Waals surface area contributed by atoms with Crippen LogP contribution in [0.3, 0.4) is 0 Å². The number of hydrogen-bond donors (Lipinski definition) is 1. The maximum Gasteiger partial charge on any atom is 0.167 e. The van der Waals surface area contributed by atoms with E-state index in [1.807, 2.05) is 13.8 Å². The first kappa shape index (κ1) is 15.4. The molecule has 2 nitrogen and oxygen atoms in total. The summed E-state index contributed by atoms with van der Waals surface area (Å²) in [5.41, 5.74) is 0.535. The highest BCUT2D eigenvalue weighted by Crippen LogP contribution is 2.30. The molecule has 0 unspecified atom stereocenters. The fourth-order valence-electron chi connectivity index (χ4n) is 1.79. The predicted molar refractivity (Wildman–Crippen MR) is 74.8 cm³/mol. The molecule has 0 saturated heterocycles. The second-order valence-electron chi connectivity index (χ2n) is 4.94. The Balaban J connectivity index is 2.32. The van der Waals surface area contributed by atoms with Crippen LogP contribution in [0.4, 0.5) is 13.2 Å². The van der Waals surface area contributed by atoms with Gasteiger partial charge in [-0.1, -0.05) is 26.0 Å². The molecular formula is C16H16F3NO. The predicted octanol–water partition coefficient (Wildman–Crippen LogP) is 4.39. The van der Waals surface area contributed by atoms with Crippen molar-refractivity contribution in [3.8, 4) is 11.5 Å². The number of para-hydroxylation sites is 1. The lowest BCUT2D eigenvalue weighted by Gasteiger charge is -2.14. The van der Waals surface area contributed by atoms with Gasteiger partial charge in [-0.25, -0.2) is 13.2 Å². The molecule has 0 fully saturated rings. The Morgan fingerprint density at radius 1 is 1.05 bits per heavy atom. The fraction of sp³-hybridized carbons (Fsp3) is 0.250. The molecule has 0 amide bonds. The van der Waals surface area contributed by atoms with Crippen LogP contribution < -0.4 is 10.1 Å². The minimum atomic E-state index is -0.748. The van der Waals surface area contributed by atoms with E-state index in [9.17, 15) is 13.2 Å². The molecule has 5 heteroatoms. The molecule has 0 aliphatic heterocycles. The molecule has 0 bridgehead atoms. The molecule has 0 aliphatic rings. The number of halogens is 3. The van der Waals surface area contributed by atoms with Gasteiger partial charge in [0.05, 0.1) is 0 Å². The summed E-state index contributed by atoms with van der Waals surface area (Å²) in [5, 5.41) is 3.13. The highest BCUT2D eigenvalue weighted by molar-refractivity contribution is 5.39. The van der Waals surface area contributed by atoms with Crippen LogP contribution in [-0.4, -0.2) is 6.04 Å². The van der Waals surface area contributed by atoms with E-state index in [0.29, 0.717) is 12.1 Å². The molecule has 1 N–H and O–H groups in total. The van der Waals surface area contributed by atoms with Gasteiger partial charge in [0, 0.05) is 24.2 Å². The minimum absolute atomic E-state index is 0.102. The Hall–Kier alpha value is -2.01. The largest absolute Gasteiger partial charge is 0.451 e. The lowest BCUT2D eigenvalue weighted by Crippen LogP contribution is -2.22. The van der Waals surface area contributed by atoms with Gasteiger partial charge in [-0.15, -0.1) is 0 Å². The van der Waals surface area contributed by atoms with Crippen LogP contribution in [0.25, 0.3) is 0 Å². The van der Waals surface area contributed by atoms with E-state index in [1.54, 1.807) is 12.1 Å². The highest BCUT2D eigenvalue weighted by Gasteiger charge is 2.14. The molecule has 0 radical (unpaired) electrons. The molecule has 2 rings (SSSR count). The fourth-order valence-corrected chi connectivity index (χ4v) is 1.79. The van der Waals surface area contributed by atoms with Crippen molar-refractivity contribution in [3.63, 3.8) is 0 Å². The van der Waals surface area contributed by atoms with Crippen molar-refractivity contribution in [2.45, 2.75) is 26.4 Å². The summed E-state index contributed by atoms with van der Waals surface area (Å²) in [6.45, 7) is 4.26. The average Bonchev–Trinajstić information content (AvgIpc) is 2.43. The van der Waals surface area contributed by atoms with Gasteiger partial charge < -0.3 is 10.1 Å². The summed E-state index contributed by atoms with van der Waals surface area (Å²) >= 11 is 0. The summed E-state index contributed by atoms with van der Waals surface area (Å²) in [6.07, 6.45) is 0. The Bertz CT molecular complexity index is 629. The monoisotopic (exact) mass is 295 g/mol. The Morgan fingerprint density at radius 3 is 2.52 bits per heavy atom. The lowest BCUT2D eigenvalue weighted by molar-refractivity contribution is 0.403. The Morgan fingerprint density at radius 2 is 1.81 bits per heavy atom. The third-order valence-electron chi connectivity index (χ3n) is 2.85. The lowest BCUT2D eigenvalue weighted by atomic mass is 10.2. The molecule has 2 aromatic rings. The molecule has 0 aliphatic carbocycles. The number of benzene rings is 2. The molecule has 0 spiro atoms. The summed E-state index contributed by atoms with van der Waals surface area (Å²) in [7, 11) is 0. The zero-order chi connectivity index (χ0) is 15.4. The van der Waals surface area contributed by atoms with Crippen LogP contribution in [0, 0.1) is 17.5 Å². The van der Waals surface area contributed by atoms with Crippen LogP contribution in [0.5, 0.6) is 11.5 Å². The van der Waals surface area contributed by atoms with Crippen LogP contribution in [-0.2, 0) is 6.54 Å². The smallest absolute Gasteiger partial charge is 0.167 e. The van der Waals surface area contributed by atoms with Crippen molar-refractivity contribution in [1.29, 1.82) is 0 Å². The number of rotatable bonds is 5. The average molecular weight is 295 g/mol. The van der Waals surface area contributed by atoms with E-state index in [-0.39, 0.29) is 17.5 Å². The first-order chi connectivity index (χ1) is 9.97. The minimum Gasteiger partial charge on any atom is -0.451 e. The Kier molecular flexibility index (Phi) is 4.85. The molecule has 2 aromatic carbocycles. The molecule has 0 atom stereocenters. The van der Waals surface area contributed by atoms with Crippen molar-refractivity contribution in [2.24, 2.45) is 0 Å². The molecule has 0 saturated carbocycles. The topological polar surface area (TPSA) is 21.3 Å². The molecular weight excluding hydrogens is 279 g/mol. The van der Waals surface area contributed by atoms with Gasteiger partial charge in [-0.3, -0.25) is 0 Å². The van der Waals surface area contributed by atoms with Crippen molar-refractivity contribution in [2.75, 3.05) is 0 Å². The van der Waals surface area contributed by atoms with Crippen LogP contribution in [0.15, 0.2) is 36.4 Å². The van der Waals surface area contributed by atoms with Crippen LogP contribution >= 0.6 is 0 Å². The molecule has 112 valence electrons. The van der Waals surface area contributed by atoms with Crippen molar-refractivity contribution >= 4 is 0 Å². The number of hydrogen-bond acceptors (Lipinski definition) is 2. The van der Waals surface area contributed by atoms with E-state index < -0.39 is 17.5 Å². The van der Waals surface area contributed by atoms with E-state index in [4.69, 9.17) is 4.74 Å². The van der Waals surface area contributed by atoms with Crippen molar-refractivity contribution < 1.29 is 17.9 Å². The normalized spacial score (nSPS) is 11.0. The van der Waals surface area contributed by atoms with Gasteiger partial charge in [0.2, 0.25) is 0 Å². The molecule has 0 aromatic heterocycles. The van der Waals surface area contributed by atoms with Crippen molar-refractivity contribution in [1.82, 2.24) is 5.32 Å². The zero-order valence-electron chi connectivity index (χ0n) is 11.8.